The Bertz CT molecular complexity index is 2500. The maximum absolute atomic E-state index is 13.6. The molecule has 2 heterocycles. The van der Waals surface area contributed by atoms with Gasteiger partial charge in [0.25, 0.3) is 0 Å². The number of aromatic nitrogens is 2. The van der Waals surface area contributed by atoms with Gasteiger partial charge in [-0.3, -0.25) is 4.79 Å². The van der Waals surface area contributed by atoms with E-state index in [2.05, 4.69) is 79.8 Å². The topological polar surface area (TPSA) is 59.9 Å². The van der Waals surface area contributed by atoms with Gasteiger partial charge >= 0.3 is 0 Å². The first kappa shape index (κ1) is 33.2. The minimum atomic E-state index is -0.697. The number of fused-ring (bicyclic) bond motifs is 12. The Morgan fingerprint density at radius 1 is 0.849 bits per heavy atom. The molecule has 0 amide bonds. The van der Waals surface area contributed by atoms with Crippen molar-refractivity contribution in [2.24, 2.45) is 0 Å². The second-order valence-electron chi connectivity index (χ2n) is 16.0. The normalized spacial score (nSPS) is 22.6. The zero-order valence-electron chi connectivity index (χ0n) is 29.9. The molecule has 0 fully saturated rings. The Morgan fingerprint density at radius 2 is 1.60 bits per heavy atom. The maximum Gasteiger partial charge on any atom is 0.193 e. The van der Waals surface area contributed by atoms with Gasteiger partial charge in [0.05, 0.1) is 22.8 Å². The predicted octanol–water partition coefficient (Wildman–Crippen LogP) is 10.0. The van der Waals surface area contributed by atoms with Crippen molar-refractivity contribution in [3.05, 3.63) is 129 Å². The summed E-state index contributed by atoms with van der Waals surface area (Å²) in [5.74, 6) is 0.320. The highest BCUT2D eigenvalue weighted by Gasteiger charge is 2.52. The van der Waals surface area contributed by atoms with Crippen LogP contribution >= 0.6 is 22.6 Å². The molecule has 0 bridgehead atoms. The molecule has 5 aliphatic carbocycles. The predicted molar refractivity (Wildman–Crippen MR) is 220 cm³/mol. The summed E-state index contributed by atoms with van der Waals surface area (Å²) in [5, 5.41) is 0.984. The highest BCUT2D eigenvalue weighted by molar-refractivity contribution is 14.1. The number of allylic oxidation sites excluding steroid dienone is 2. The third kappa shape index (κ3) is 4.95. The average Bonchev–Trinajstić information content (AvgIpc) is 3.58. The van der Waals surface area contributed by atoms with E-state index >= 15 is 0 Å². The summed E-state index contributed by atoms with van der Waals surface area (Å²) < 4.78 is 0.101. The lowest BCUT2D eigenvalue weighted by Crippen LogP contribution is -2.35. The Balaban J connectivity index is 1.23. The van der Waals surface area contributed by atoms with Crippen LogP contribution in [0, 0.1) is 12.1 Å². The summed E-state index contributed by atoms with van der Waals surface area (Å²) in [6.07, 6.45) is 18.0. The molecular weight excluding hydrogens is 762 g/mol. The first-order chi connectivity index (χ1) is 25.8. The summed E-state index contributed by atoms with van der Waals surface area (Å²) in [6, 6.07) is 24.0. The van der Waals surface area contributed by atoms with Gasteiger partial charge < -0.3 is 4.79 Å². The van der Waals surface area contributed by atoms with Crippen molar-refractivity contribution in [1.29, 1.82) is 0 Å². The monoisotopic (exact) mass is 800 g/mol. The van der Waals surface area contributed by atoms with Crippen LogP contribution in [0.15, 0.2) is 60.7 Å². The molecule has 6 heteroatoms. The van der Waals surface area contributed by atoms with E-state index in [1.807, 2.05) is 34.7 Å². The van der Waals surface area contributed by atoms with Crippen LogP contribution in [0.5, 0.6) is 0 Å². The van der Waals surface area contributed by atoms with E-state index < -0.39 is 10.8 Å². The summed E-state index contributed by atoms with van der Waals surface area (Å²) >= 11 is 1.99. The average molecular weight is 801 g/mol. The molecule has 258 valence electrons. The molecule has 0 saturated carbocycles. The lowest BCUT2D eigenvalue weighted by molar-refractivity contribution is -0.113. The Kier molecular flexibility index (Phi) is 7.74. The van der Waals surface area contributed by atoms with Crippen LogP contribution in [0.1, 0.15) is 120 Å². The Morgan fingerprint density at radius 3 is 2.43 bits per heavy atom. The van der Waals surface area contributed by atoms with Crippen LogP contribution in [0.4, 0.5) is 0 Å². The number of aryl methyl sites for hydroxylation is 2. The minimum Gasteiger partial charge on any atom is -0.313 e. The van der Waals surface area contributed by atoms with Crippen molar-refractivity contribution in [2.75, 3.05) is 0 Å². The Labute approximate surface area is 326 Å². The van der Waals surface area contributed by atoms with Crippen molar-refractivity contribution < 1.29 is 9.59 Å². The number of nitrogens with zero attached hydrogens (tertiary/aromatic N) is 2. The first-order valence-electron chi connectivity index (χ1n) is 19.2. The fraction of sp³-hybridized carbons (Fsp3) is 0.319. The van der Waals surface area contributed by atoms with Crippen LogP contribution in [0.3, 0.4) is 0 Å². The van der Waals surface area contributed by atoms with Crippen molar-refractivity contribution in [1.82, 2.24) is 9.97 Å². The van der Waals surface area contributed by atoms with E-state index in [4.69, 9.17) is 17.8 Å². The van der Waals surface area contributed by atoms with E-state index in [9.17, 15) is 9.59 Å². The zero-order chi connectivity index (χ0) is 36.1. The lowest BCUT2D eigenvalue weighted by Gasteiger charge is -2.38. The highest BCUT2D eigenvalue weighted by atomic mass is 127. The standard InChI is InChI=1S/C47H38BIN2O2/c1-27-9-8-16-39-33(27)24-37-45(51-39)42-31-13-5-2-10-28(31)17-19-34(42)46(37,25-40(48)52)21-22-47(26-41(49)53)35-20-18-29-11-3-6-14-32(29)43(35)44-36(47)23-30-12-4-7-15-38(30)50-44/h4,6,8,12,14,16-20,23-24,27H,2-3,5,9-11,13,21-22,25-26H2,1H3. The first-order valence-corrected chi connectivity index (χ1v) is 20.3. The van der Waals surface area contributed by atoms with Gasteiger partial charge in [0.1, 0.15) is 5.52 Å². The van der Waals surface area contributed by atoms with Gasteiger partial charge in [0.15, 0.2) is 11.6 Å². The number of pyridine rings is 2. The van der Waals surface area contributed by atoms with Gasteiger partial charge in [-0.15, -0.1) is 0 Å². The quantitative estimate of drug-likeness (QED) is 0.0935. The minimum absolute atomic E-state index is 0.101. The number of halogens is 1. The van der Waals surface area contributed by atoms with Crippen molar-refractivity contribution in [2.45, 2.75) is 94.3 Å². The van der Waals surface area contributed by atoms with E-state index in [0.29, 0.717) is 25.2 Å². The number of rotatable bonds is 7. The SMILES string of the molecule is [B]C(=O)CC1(CCC2(CC(=O)I)c3cc4ccc#cc4nc3-c3c2ccc2c3C=CCC2)c2cc3c(nc2-c2c1ccc1c2CCCC1)C=CCC3C. The number of benzene rings is 2. The lowest BCUT2D eigenvalue weighted by atomic mass is 9.63. The van der Waals surface area contributed by atoms with Crippen molar-refractivity contribution >= 4 is 63.0 Å². The molecule has 2 radical (unpaired) electrons. The second kappa shape index (κ2) is 12.3. The molecule has 3 atom stereocenters. The number of carbonyl (C=O) groups is 2. The molecule has 0 aliphatic heterocycles. The number of hydrogen-bond acceptors (Lipinski definition) is 4. The summed E-state index contributed by atoms with van der Waals surface area (Å²) in [6.45, 7) is 2.27. The summed E-state index contributed by atoms with van der Waals surface area (Å²) in [4.78, 5) is 37.9. The van der Waals surface area contributed by atoms with E-state index in [1.165, 1.54) is 45.4 Å². The molecular formula is C47H38BIN2O2. The molecule has 5 aliphatic rings. The zero-order valence-corrected chi connectivity index (χ0v) is 32.1. The Hall–Kier alpha value is -4.35. The van der Waals surface area contributed by atoms with Gasteiger partial charge in [0, 0.05) is 40.2 Å². The van der Waals surface area contributed by atoms with E-state index in [-0.39, 0.29) is 15.9 Å². The molecule has 3 aromatic carbocycles. The smallest absolute Gasteiger partial charge is 0.193 e. The largest absolute Gasteiger partial charge is 0.313 e. The van der Waals surface area contributed by atoms with Crippen LogP contribution in [0.2, 0.25) is 0 Å². The number of carbonyl (C=O) groups excluding carboxylic acids is 2. The van der Waals surface area contributed by atoms with Gasteiger partial charge in [-0.05, 0) is 167 Å². The van der Waals surface area contributed by atoms with Crippen molar-refractivity contribution in [3.8, 4) is 22.5 Å². The molecule has 4 nitrogen and oxygen atoms in total. The molecule has 0 N–H and O–H groups in total. The third-order valence-corrected chi connectivity index (χ3v) is 13.5. The van der Waals surface area contributed by atoms with Gasteiger partial charge in [-0.25, -0.2) is 9.97 Å². The number of hydrogen-bond donors (Lipinski definition) is 0. The molecule has 0 spiro atoms. The van der Waals surface area contributed by atoms with E-state index in [1.54, 1.807) is 0 Å². The highest BCUT2D eigenvalue weighted by Crippen LogP contribution is 2.61. The molecule has 3 unspecified atom stereocenters. The van der Waals surface area contributed by atoms with E-state index in [0.717, 1.165) is 88.8 Å². The fourth-order valence-corrected chi connectivity index (χ4v) is 11.4. The molecule has 10 rings (SSSR count). The van der Waals surface area contributed by atoms with Crippen LogP contribution in [-0.4, -0.2) is 27.3 Å². The maximum atomic E-state index is 13.6. The van der Waals surface area contributed by atoms with Gasteiger partial charge in [-0.2, -0.15) is 0 Å². The summed E-state index contributed by atoms with van der Waals surface area (Å²) in [7, 11) is 6.31. The van der Waals surface area contributed by atoms with Gasteiger partial charge in [-0.1, -0.05) is 61.5 Å². The van der Waals surface area contributed by atoms with Crippen LogP contribution < -0.4 is 0 Å². The molecule has 53 heavy (non-hydrogen) atoms. The summed E-state index contributed by atoms with van der Waals surface area (Å²) in [5.41, 5.74) is 15.5. The molecule has 0 saturated heterocycles. The molecule has 5 aromatic rings. The van der Waals surface area contributed by atoms with Gasteiger partial charge in [0.2, 0.25) is 0 Å². The van der Waals surface area contributed by atoms with Crippen LogP contribution in [-0.2, 0) is 39.7 Å². The third-order valence-electron chi connectivity index (χ3n) is 13.1. The fourth-order valence-electron chi connectivity index (χ4n) is 10.7. The molecule has 2 aromatic heterocycles. The van der Waals surface area contributed by atoms with Crippen molar-refractivity contribution in [3.63, 3.8) is 0 Å². The second-order valence-corrected chi connectivity index (χ2v) is 17.2. The van der Waals surface area contributed by atoms with Crippen LogP contribution in [0.25, 0.3) is 45.6 Å².